The van der Waals surface area contributed by atoms with Crippen molar-refractivity contribution in [3.05, 3.63) is 89.7 Å². The van der Waals surface area contributed by atoms with Gasteiger partial charge in [0.05, 0.1) is 10.8 Å². The molecule has 0 aliphatic rings. The first-order valence-electron chi connectivity index (χ1n) is 12.4. The number of hydrogen-bond acceptors (Lipinski definition) is 7. The third-order valence-corrected chi connectivity index (χ3v) is 7.85. The minimum Gasteiger partial charge on any atom is -0.384 e. The highest BCUT2D eigenvalue weighted by molar-refractivity contribution is 7.90. The maximum Gasteiger partial charge on any atom is 0.264 e. The highest BCUT2D eigenvalue weighted by atomic mass is 32.2. The van der Waals surface area contributed by atoms with Crippen LogP contribution >= 0.6 is 12.6 Å². The summed E-state index contributed by atoms with van der Waals surface area (Å²) in [6.45, 7) is 2.61. The van der Waals surface area contributed by atoms with Crippen LogP contribution in [0.25, 0.3) is 11.1 Å². The molecule has 0 unspecified atom stereocenters. The van der Waals surface area contributed by atoms with Gasteiger partial charge in [-0.25, -0.2) is 17.5 Å². The fourth-order valence-electron chi connectivity index (χ4n) is 3.84. The lowest BCUT2D eigenvalue weighted by Crippen LogP contribution is -2.37. The molecule has 3 aromatic carbocycles. The molecular weight excluding hydrogens is 541 g/mol. The lowest BCUT2D eigenvalue weighted by atomic mass is 10.00. The molecular formula is C28H32FN3O5S2. The Morgan fingerprint density at radius 2 is 1.62 bits per heavy atom. The fraction of sp³-hybridized carbons (Fsp3) is 0.286. The van der Waals surface area contributed by atoms with Crippen molar-refractivity contribution >= 4 is 34.5 Å². The molecule has 2 amide bonds. The molecule has 4 N–H and O–H groups in total. The summed E-state index contributed by atoms with van der Waals surface area (Å²) in [6, 6.07) is 19.9. The highest BCUT2D eigenvalue weighted by Crippen LogP contribution is 2.27. The molecule has 39 heavy (non-hydrogen) atoms. The van der Waals surface area contributed by atoms with Crippen molar-refractivity contribution < 1.29 is 27.5 Å². The lowest BCUT2D eigenvalue weighted by Gasteiger charge is -2.15. The average Bonchev–Trinajstić information content (AvgIpc) is 2.92. The summed E-state index contributed by atoms with van der Waals surface area (Å²) < 4.78 is 41.2. The van der Waals surface area contributed by atoms with Gasteiger partial charge in [0.15, 0.2) is 0 Å². The number of nitrogens with one attached hydrogen (secondary N) is 3. The number of aliphatic hydroxyl groups is 1. The van der Waals surface area contributed by atoms with Crippen LogP contribution in [0.1, 0.15) is 18.1 Å². The number of rotatable bonds is 13. The summed E-state index contributed by atoms with van der Waals surface area (Å²) >= 11 is 4.25. The zero-order chi connectivity index (χ0) is 28.4. The van der Waals surface area contributed by atoms with Gasteiger partial charge in [-0.2, -0.15) is 12.6 Å². The topological polar surface area (TPSA) is 125 Å². The van der Waals surface area contributed by atoms with Crippen LogP contribution in [0, 0.1) is 11.7 Å². The number of benzene rings is 3. The Morgan fingerprint density at radius 1 is 0.949 bits per heavy atom. The van der Waals surface area contributed by atoms with Crippen molar-refractivity contribution in [1.29, 1.82) is 0 Å². The van der Waals surface area contributed by atoms with E-state index in [2.05, 4.69) is 23.3 Å². The van der Waals surface area contributed by atoms with Gasteiger partial charge in [0.1, 0.15) is 11.9 Å². The number of hydrogen-bond donors (Lipinski definition) is 5. The molecule has 0 saturated heterocycles. The normalized spacial score (nSPS) is 12.9. The van der Waals surface area contributed by atoms with Gasteiger partial charge in [0.25, 0.3) is 15.9 Å². The third kappa shape index (κ3) is 8.62. The SMILES string of the molecule is C[C@H](O)C(=O)NS(=O)(=O)c1ccccc1-c1ccc(CNCCNC(=O)[C@@H](CS)Cc2ccccc2F)cc1. The van der Waals surface area contributed by atoms with Crippen LogP contribution in [0.4, 0.5) is 4.39 Å². The first-order valence-corrected chi connectivity index (χ1v) is 14.5. The van der Waals surface area contributed by atoms with E-state index in [1.807, 2.05) is 16.9 Å². The van der Waals surface area contributed by atoms with Crippen molar-refractivity contribution in [3.8, 4) is 11.1 Å². The Morgan fingerprint density at radius 3 is 2.28 bits per heavy atom. The van der Waals surface area contributed by atoms with Crippen LogP contribution in [-0.2, 0) is 32.6 Å². The van der Waals surface area contributed by atoms with E-state index >= 15 is 0 Å². The van der Waals surface area contributed by atoms with Gasteiger partial charge < -0.3 is 15.7 Å². The standard InChI is InChI=1S/C28H32FN3O5S2/c1-19(33)27(34)32-39(36,37)26-9-5-3-7-24(26)21-12-10-20(11-13-21)17-30-14-15-31-28(35)23(18-38)16-22-6-2-4-8-25(22)29/h2-13,19,23,30,33,38H,14-18H2,1H3,(H,31,35)(H,32,34)/t19-,23+/m0/s1. The molecule has 0 bridgehead atoms. The molecule has 8 nitrogen and oxygen atoms in total. The first kappa shape index (κ1) is 30.3. The van der Waals surface area contributed by atoms with E-state index < -0.39 is 28.0 Å². The Labute approximate surface area is 233 Å². The summed E-state index contributed by atoms with van der Waals surface area (Å²) in [5.41, 5.74) is 2.49. The summed E-state index contributed by atoms with van der Waals surface area (Å²) in [7, 11) is -4.18. The summed E-state index contributed by atoms with van der Waals surface area (Å²) in [5, 5.41) is 15.5. The molecule has 0 spiro atoms. The van der Waals surface area contributed by atoms with Crippen LogP contribution in [-0.4, -0.2) is 50.3 Å². The molecule has 0 radical (unpaired) electrons. The average molecular weight is 574 g/mol. The molecule has 0 fully saturated rings. The molecule has 2 atom stereocenters. The van der Waals surface area contributed by atoms with Gasteiger partial charge in [0.2, 0.25) is 5.91 Å². The molecule has 11 heteroatoms. The largest absolute Gasteiger partial charge is 0.384 e. The predicted molar refractivity (Wildman–Crippen MR) is 151 cm³/mol. The summed E-state index contributed by atoms with van der Waals surface area (Å²) in [5.74, 6) is -1.66. The molecule has 0 aromatic heterocycles. The van der Waals surface area contributed by atoms with E-state index in [-0.39, 0.29) is 23.0 Å². The van der Waals surface area contributed by atoms with Crippen LogP contribution in [0.2, 0.25) is 0 Å². The van der Waals surface area contributed by atoms with E-state index in [1.54, 1.807) is 48.5 Å². The van der Waals surface area contributed by atoms with Crippen LogP contribution in [0.15, 0.2) is 77.7 Å². The zero-order valence-electron chi connectivity index (χ0n) is 21.4. The zero-order valence-corrected chi connectivity index (χ0v) is 23.1. The molecule has 3 rings (SSSR count). The number of thiol groups is 1. The predicted octanol–water partition coefficient (Wildman–Crippen LogP) is 2.67. The Bertz CT molecular complexity index is 1380. The monoisotopic (exact) mass is 573 g/mol. The van der Waals surface area contributed by atoms with Crippen LogP contribution in [0.3, 0.4) is 0 Å². The number of carbonyl (C=O) groups excluding carboxylic acids is 2. The van der Waals surface area contributed by atoms with Crippen LogP contribution < -0.4 is 15.4 Å². The van der Waals surface area contributed by atoms with Gasteiger partial charge in [-0.3, -0.25) is 9.59 Å². The van der Waals surface area contributed by atoms with Crippen molar-refractivity contribution in [3.63, 3.8) is 0 Å². The highest BCUT2D eigenvalue weighted by Gasteiger charge is 2.23. The summed E-state index contributed by atoms with van der Waals surface area (Å²) in [6.07, 6.45) is -1.19. The maximum absolute atomic E-state index is 13.9. The number of carbonyl (C=O) groups is 2. The van der Waals surface area contributed by atoms with Gasteiger partial charge in [-0.05, 0) is 42.2 Å². The minimum atomic E-state index is -4.18. The molecule has 0 heterocycles. The summed E-state index contributed by atoms with van der Waals surface area (Å²) in [4.78, 5) is 24.2. The molecule has 3 aromatic rings. The van der Waals surface area contributed by atoms with E-state index in [4.69, 9.17) is 0 Å². The molecule has 0 aliphatic carbocycles. The van der Waals surface area contributed by atoms with Crippen molar-refractivity contribution in [2.75, 3.05) is 18.8 Å². The van der Waals surface area contributed by atoms with E-state index in [0.717, 1.165) is 5.56 Å². The molecule has 0 saturated carbocycles. The fourth-order valence-corrected chi connectivity index (χ4v) is 5.41. The lowest BCUT2D eigenvalue weighted by molar-refractivity contribution is -0.126. The van der Waals surface area contributed by atoms with Crippen molar-refractivity contribution in [2.24, 2.45) is 5.92 Å². The van der Waals surface area contributed by atoms with Gasteiger partial charge in [-0.15, -0.1) is 0 Å². The quantitative estimate of drug-likeness (QED) is 0.158. The number of sulfonamides is 1. The van der Waals surface area contributed by atoms with E-state index in [9.17, 15) is 27.5 Å². The second kappa shape index (κ2) is 14.2. The van der Waals surface area contributed by atoms with Gasteiger partial charge >= 0.3 is 0 Å². The van der Waals surface area contributed by atoms with Crippen molar-refractivity contribution in [2.45, 2.75) is 30.9 Å². The number of amides is 2. The second-order valence-electron chi connectivity index (χ2n) is 8.98. The Balaban J connectivity index is 1.52. The van der Waals surface area contributed by atoms with Gasteiger partial charge in [0, 0.05) is 31.0 Å². The number of aliphatic hydroxyl groups excluding tert-OH is 1. The smallest absolute Gasteiger partial charge is 0.264 e. The second-order valence-corrected chi connectivity index (χ2v) is 11.0. The van der Waals surface area contributed by atoms with E-state index in [0.29, 0.717) is 42.1 Å². The Hall–Kier alpha value is -3.25. The van der Waals surface area contributed by atoms with Gasteiger partial charge in [-0.1, -0.05) is 60.7 Å². The van der Waals surface area contributed by atoms with Crippen LogP contribution in [0.5, 0.6) is 0 Å². The third-order valence-electron chi connectivity index (χ3n) is 6.00. The minimum absolute atomic E-state index is 0.0739. The Kier molecular flexibility index (Phi) is 11.0. The van der Waals surface area contributed by atoms with E-state index in [1.165, 1.54) is 19.1 Å². The molecule has 208 valence electrons. The maximum atomic E-state index is 13.9. The molecule has 0 aliphatic heterocycles. The number of halogens is 1. The van der Waals surface area contributed by atoms with Crippen molar-refractivity contribution in [1.82, 2.24) is 15.4 Å². The first-order chi connectivity index (χ1) is 18.6.